The molecular weight excluding hydrogens is 372 g/mol. The van der Waals surface area contributed by atoms with E-state index in [1.807, 2.05) is 0 Å². The molecule has 1 N–H and O–H groups in total. The van der Waals surface area contributed by atoms with Crippen molar-refractivity contribution in [2.75, 3.05) is 20.2 Å². The molecule has 0 radical (unpaired) electrons. The summed E-state index contributed by atoms with van der Waals surface area (Å²) in [5, 5.41) is 2.78. The number of sulfonamides is 1. The highest BCUT2D eigenvalue weighted by atomic mass is 32.2. The van der Waals surface area contributed by atoms with E-state index >= 15 is 0 Å². The number of methoxy groups -OCH3 is 1. The normalized spacial score (nSPS) is 16.6. The molecule has 1 aromatic rings. The van der Waals surface area contributed by atoms with Gasteiger partial charge in [0.25, 0.3) is 0 Å². The van der Waals surface area contributed by atoms with E-state index in [1.165, 1.54) is 35.7 Å². The van der Waals surface area contributed by atoms with Crippen LogP contribution in [0.2, 0.25) is 0 Å². The average Bonchev–Trinajstić information content (AvgIpc) is 2.60. The number of carbonyl (C=O) groups excluding carboxylic acids is 2. The van der Waals surface area contributed by atoms with Gasteiger partial charge in [-0.2, -0.15) is 4.31 Å². The number of ether oxygens (including phenoxy) is 2. The third-order valence-electron chi connectivity index (χ3n) is 4.09. The van der Waals surface area contributed by atoms with E-state index in [4.69, 9.17) is 4.74 Å². The first-order chi connectivity index (χ1) is 12.5. The van der Waals surface area contributed by atoms with Gasteiger partial charge >= 0.3 is 12.1 Å². The van der Waals surface area contributed by atoms with Crippen LogP contribution in [-0.2, 0) is 19.5 Å². The number of hydrogen-bond acceptors (Lipinski definition) is 6. The van der Waals surface area contributed by atoms with Crippen LogP contribution in [0.1, 0.15) is 44.0 Å². The predicted molar refractivity (Wildman–Crippen MR) is 98.9 cm³/mol. The SMILES string of the molecule is COC(=O)c1ccc(S(=O)(=O)N2CCC(NC(=O)OC(C)(C)C)CC2)cc1. The number of carbonyl (C=O) groups is 2. The topological polar surface area (TPSA) is 102 Å². The molecule has 0 atom stereocenters. The lowest BCUT2D eigenvalue weighted by Crippen LogP contribution is -2.47. The minimum Gasteiger partial charge on any atom is -0.465 e. The third kappa shape index (κ3) is 5.67. The van der Waals surface area contributed by atoms with Gasteiger partial charge in [0.15, 0.2) is 0 Å². The number of nitrogens with one attached hydrogen (secondary N) is 1. The summed E-state index contributed by atoms with van der Waals surface area (Å²) in [6.45, 7) is 5.94. The number of esters is 1. The lowest BCUT2D eigenvalue weighted by atomic mass is 10.1. The maximum Gasteiger partial charge on any atom is 0.407 e. The Balaban J connectivity index is 1.96. The van der Waals surface area contributed by atoms with Gasteiger partial charge < -0.3 is 14.8 Å². The zero-order chi connectivity index (χ0) is 20.2. The van der Waals surface area contributed by atoms with Gasteiger partial charge in [-0.25, -0.2) is 18.0 Å². The molecule has 9 heteroatoms. The van der Waals surface area contributed by atoms with Gasteiger partial charge in [0.05, 0.1) is 17.6 Å². The van der Waals surface area contributed by atoms with Crippen molar-refractivity contribution in [1.29, 1.82) is 0 Å². The first kappa shape index (κ1) is 21.2. The highest BCUT2D eigenvalue weighted by Gasteiger charge is 2.30. The van der Waals surface area contributed by atoms with Crippen LogP contribution < -0.4 is 5.32 Å². The number of hydrogen-bond donors (Lipinski definition) is 1. The lowest BCUT2D eigenvalue weighted by molar-refractivity contribution is 0.0488. The zero-order valence-electron chi connectivity index (χ0n) is 16.0. The summed E-state index contributed by atoms with van der Waals surface area (Å²) in [5.74, 6) is -0.520. The Bertz CT molecular complexity index is 775. The molecule has 8 nitrogen and oxygen atoms in total. The summed E-state index contributed by atoms with van der Waals surface area (Å²) in [5.41, 5.74) is -0.290. The Morgan fingerprint density at radius 1 is 1.11 bits per heavy atom. The zero-order valence-corrected chi connectivity index (χ0v) is 16.8. The molecule has 0 aromatic heterocycles. The van der Waals surface area contributed by atoms with Crippen molar-refractivity contribution in [1.82, 2.24) is 9.62 Å². The number of benzene rings is 1. The van der Waals surface area contributed by atoms with Gasteiger partial charge in [-0.15, -0.1) is 0 Å². The number of amides is 1. The Morgan fingerprint density at radius 3 is 2.15 bits per heavy atom. The van der Waals surface area contributed by atoms with Crippen molar-refractivity contribution >= 4 is 22.1 Å². The Morgan fingerprint density at radius 2 is 1.67 bits per heavy atom. The fourth-order valence-electron chi connectivity index (χ4n) is 2.74. The molecule has 1 aromatic carbocycles. The smallest absolute Gasteiger partial charge is 0.407 e. The molecule has 0 spiro atoms. The minimum atomic E-state index is -3.65. The summed E-state index contributed by atoms with van der Waals surface area (Å²) in [6, 6.07) is 5.51. The van der Waals surface area contributed by atoms with Crippen LogP contribution in [0.5, 0.6) is 0 Å². The number of nitrogens with zero attached hydrogens (tertiary/aromatic N) is 1. The van der Waals surface area contributed by atoms with Crippen LogP contribution in [-0.4, -0.2) is 56.6 Å². The second-order valence-corrected chi connectivity index (χ2v) is 9.28. The van der Waals surface area contributed by atoms with Gasteiger partial charge in [-0.05, 0) is 57.9 Å². The molecule has 1 saturated heterocycles. The van der Waals surface area contributed by atoms with Gasteiger partial charge in [-0.3, -0.25) is 0 Å². The van der Waals surface area contributed by atoms with Crippen molar-refractivity contribution in [2.24, 2.45) is 0 Å². The first-order valence-corrected chi connectivity index (χ1v) is 10.1. The van der Waals surface area contributed by atoms with E-state index in [-0.39, 0.29) is 16.5 Å². The van der Waals surface area contributed by atoms with Crippen LogP contribution in [0.15, 0.2) is 29.2 Å². The molecule has 0 unspecified atom stereocenters. The van der Waals surface area contributed by atoms with Crippen LogP contribution in [0.25, 0.3) is 0 Å². The third-order valence-corrected chi connectivity index (χ3v) is 6.00. The number of rotatable bonds is 4. The van der Waals surface area contributed by atoms with Crippen molar-refractivity contribution in [3.8, 4) is 0 Å². The minimum absolute atomic E-state index is 0.119. The molecule has 1 heterocycles. The predicted octanol–water partition coefficient (Wildman–Crippen LogP) is 2.15. The van der Waals surface area contributed by atoms with E-state index in [0.29, 0.717) is 25.9 Å². The van der Waals surface area contributed by atoms with Gasteiger partial charge in [0, 0.05) is 19.1 Å². The van der Waals surface area contributed by atoms with Crippen molar-refractivity contribution in [3.05, 3.63) is 29.8 Å². The second-order valence-electron chi connectivity index (χ2n) is 7.34. The van der Waals surface area contributed by atoms with Gasteiger partial charge in [0.1, 0.15) is 5.60 Å². The molecule has 1 aliphatic heterocycles. The summed E-state index contributed by atoms with van der Waals surface area (Å²) < 4.78 is 36.7. The summed E-state index contributed by atoms with van der Waals surface area (Å²) in [6.07, 6.45) is 0.499. The maximum absolute atomic E-state index is 12.8. The summed E-state index contributed by atoms with van der Waals surface area (Å²) >= 11 is 0. The van der Waals surface area contributed by atoms with Crippen molar-refractivity contribution in [2.45, 2.75) is 50.2 Å². The van der Waals surface area contributed by atoms with Crippen molar-refractivity contribution < 1.29 is 27.5 Å². The quantitative estimate of drug-likeness (QED) is 0.780. The van der Waals surface area contributed by atoms with Crippen LogP contribution in [0, 0.1) is 0 Å². The molecular formula is C18H26N2O6S. The molecule has 0 saturated carbocycles. The molecule has 0 aliphatic carbocycles. The lowest BCUT2D eigenvalue weighted by Gasteiger charge is -2.32. The van der Waals surface area contributed by atoms with Crippen LogP contribution in [0.3, 0.4) is 0 Å². The van der Waals surface area contributed by atoms with Gasteiger partial charge in [-0.1, -0.05) is 0 Å². The molecule has 1 amide bonds. The summed E-state index contributed by atoms with van der Waals surface area (Å²) in [4.78, 5) is 23.4. The molecule has 27 heavy (non-hydrogen) atoms. The van der Waals surface area contributed by atoms with E-state index < -0.39 is 27.7 Å². The highest BCUT2D eigenvalue weighted by molar-refractivity contribution is 7.89. The average molecular weight is 398 g/mol. The molecule has 2 rings (SSSR count). The van der Waals surface area contributed by atoms with Crippen molar-refractivity contribution in [3.63, 3.8) is 0 Å². The maximum atomic E-state index is 12.8. The molecule has 150 valence electrons. The van der Waals surface area contributed by atoms with Crippen LogP contribution >= 0.6 is 0 Å². The first-order valence-electron chi connectivity index (χ1n) is 8.71. The van der Waals surface area contributed by atoms with E-state index in [1.54, 1.807) is 20.8 Å². The fraction of sp³-hybridized carbons (Fsp3) is 0.556. The van der Waals surface area contributed by atoms with Crippen LogP contribution in [0.4, 0.5) is 4.79 Å². The number of piperidine rings is 1. The Hall–Kier alpha value is -2.13. The standard InChI is InChI=1S/C18H26N2O6S/c1-18(2,3)26-17(22)19-14-9-11-20(12-10-14)27(23,24)15-7-5-13(6-8-15)16(21)25-4/h5-8,14H,9-12H2,1-4H3,(H,19,22). The fourth-order valence-corrected chi connectivity index (χ4v) is 4.21. The van der Waals surface area contributed by atoms with Gasteiger partial charge in [0.2, 0.25) is 10.0 Å². The Kier molecular flexibility index (Phi) is 6.48. The second kappa shape index (κ2) is 8.26. The molecule has 0 bridgehead atoms. The van der Waals surface area contributed by atoms with E-state index in [2.05, 4.69) is 10.1 Å². The highest BCUT2D eigenvalue weighted by Crippen LogP contribution is 2.21. The Labute approximate surface area is 159 Å². The largest absolute Gasteiger partial charge is 0.465 e. The monoisotopic (exact) mass is 398 g/mol. The number of alkyl carbamates (subject to hydrolysis) is 1. The summed E-state index contributed by atoms with van der Waals surface area (Å²) in [7, 11) is -2.39. The van der Waals surface area contributed by atoms with E-state index in [0.717, 1.165) is 0 Å². The molecule has 1 fully saturated rings. The van der Waals surface area contributed by atoms with E-state index in [9.17, 15) is 18.0 Å². The molecule has 1 aliphatic rings.